The summed E-state index contributed by atoms with van der Waals surface area (Å²) in [6.45, 7) is 2.03. The van der Waals surface area contributed by atoms with E-state index in [1.165, 1.54) is 6.07 Å². The number of thiol groups is 1. The lowest BCUT2D eigenvalue weighted by Gasteiger charge is -2.06. The summed E-state index contributed by atoms with van der Waals surface area (Å²) < 4.78 is 4.90. The van der Waals surface area contributed by atoms with Crippen molar-refractivity contribution in [2.75, 3.05) is 11.9 Å². The van der Waals surface area contributed by atoms with E-state index in [-0.39, 0.29) is 5.78 Å². The van der Waals surface area contributed by atoms with Gasteiger partial charge in [-0.3, -0.25) is 4.79 Å². The number of ketones is 1. The Morgan fingerprint density at radius 3 is 2.71 bits per heavy atom. The Kier molecular flexibility index (Phi) is 5.71. The van der Waals surface area contributed by atoms with Crippen LogP contribution in [0.1, 0.15) is 34.1 Å². The molecule has 0 saturated carbocycles. The van der Waals surface area contributed by atoms with Crippen LogP contribution in [-0.2, 0) is 4.74 Å². The Labute approximate surface area is 114 Å². The largest absolute Gasteiger partial charge is 0.462 e. The second kappa shape index (κ2) is 6.81. The van der Waals surface area contributed by atoms with Gasteiger partial charge in [-0.05, 0) is 19.1 Å². The predicted molar refractivity (Wildman–Crippen MR) is 72.4 cm³/mol. The Hall–Kier alpha value is -0.810. The third-order valence-electron chi connectivity index (χ3n) is 2.14. The van der Waals surface area contributed by atoms with Gasteiger partial charge in [0.05, 0.1) is 12.2 Å². The van der Waals surface area contributed by atoms with Gasteiger partial charge < -0.3 is 4.74 Å². The van der Waals surface area contributed by atoms with E-state index in [0.29, 0.717) is 34.4 Å². The summed E-state index contributed by atoms with van der Waals surface area (Å²) in [5, 5.41) is 0.600. The van der Waals surface area contributed by atoms with Gasteiger partial charge in [0, 0.05) is 22.2 Å². The van der Waals surface area contributed by atoms with Gasteiger partial charge in [0.2, 0.25) is 0 Å². The third-order valence-corrected chi connectivity index (χ3v) is 2.92. The topological polar surface area (TPSA) is 43.4 Å². The number of esters is 1. The summed E-state index contributed by atoms with van der Waals surface area (Å²) in [6.07, 6.45) is 0.397. The average molecular weight is 317 g/mol. The molecule has 1 aromatic rings. The molecule has 3 nitrogen and oxygen atoms in total. The molecule has 0 aliphatic heterocycles. The smallest absolute Gasteiger partial charge is 0.339 e. The lowest BCUT2D eigenvalue weighted by Crippen LogP contribution is -2.08. The first-order chi connectivity index (χ1) is 8.10. The third kappa shape index (κ3) is 3.85. The van der Waals surface area contributed by atoms with Gasteiger partial charge in [0.25, 0.3) is 0 Å². The zero-order valence-electron chi connectivity index (χ0n) is 9.40. The zero-order valence-corrected chi connectivity index (χ0v) is 11.9. The van der Waals surface area contributed by atoms with E-state index in [4.69, 9.17) is 4.74 Å². The number of alkyl halides is 1. The molecule has 17 heavy (non-hydrogen) atoms. The van der Waals surface area contributed by atoms with Crippen molar-refractivity contribution in [2.24, 2.45) is 0 Å². The van der Waals surface area contributed by atoms with Gasteiger partial charge in [-0.15, -0.1) is 12.6 Å². The number of ether oxygens (including phenoxy) is 1. The minimum absolute atomic E-state index is 0.0132. The van der Waals surface area contributed by atoms with Gasteiger partial charge >= 0.3 is 5.97 Å². The van der Waals surface area contributed by atoms with Crippen molar-refractivity contribution in [3.63, 3.8) is 0 Å². The molecule has 5 heteroatoms. The normalized spacial score (nSPS) is 10.1. The van der Waals surface area contributed by atoms with Crippen molar-refractivity contribution >= 4 is 40.3 Å². The van der Waals surface area contributed by atoms with Crippen molar-refractivity contribution in [3.8, 4) is 0 Å². The molecule has 0 heterocycles. The van der Waals surface area contributed by atoms with Gasteiger partial charge in [-0.2, -0.15) is 0 Å². The molecule has 92 valence electrons. The average Bonchev–Trinajstić information content (AvgIpc) is 2.30. The minimum Gasteiger partial charge on any atom is -0.462 e. The van der Waals surface area contributed by atoms with Crippen molar-refractivity contribution in [3.05, 3.63) is 29.3 Å². The summed E-state index contributed by atoms with van der Waals surface area (Å²) in [6, 6.07) is 4.83. The second-order valence-electron chi connectivity index (χ2n) is 3.31. The fourth-order valence-electron chi connectivity index (χ4n) is 1.31. The first-order valence-corrected chi connectivity index (χ1v) is 6.76. The highest BCUT2D eigenvalue weighted by molar-refractivity contribution is 9.09. The first kappa shape index (κ1) is 14.3. The molecule has 1 aromatic carbocycles. The monoisotopic (exact) mass is 316 g/mol. The Bertz CT molecular complexity index is 432. The van der Waals surface area contributed by atoms with Crippen LogP contribution in [0.15, 0.2) is 23.1 Å². The van der Waals surface area contributed by atoms with Crippen molar-refractivity contribution in [2.45, 2.75) is 18.2 Å². The molecule has 0 atom stereocenters. The van der Waals surface area contributed by atoms with Gasteiger partial charge in [0.15, 0.2) is 5.78 Å². The first-order valence-electron chi connectivity index (χ1n) is 5.19. The lowest BCUT2D eigenvalue weighted by atomic mass is 10.1. The number of Topliss-reactive ketones (excluding diaryl/α,β-unsaturated/α-hetero) is 1. The number of rotatable bonds is 5. The molecule has 0 N–H and O–H groups in total. The number of benzene rings is 1. The maximum atomic E-state index is 11.7. The highest BCUT2D eigenvalue weighted by Crippen LogP contribution is 2.18. The van der Waals surface area contributed by atoms with Gasteiger partial charge in [0.1, 0.15) is 0 Å². The minimum atomic E-state index is -0.453. The Morgan fingerprint density at radius 1 is 1.41 bits per heavy atom. The standard InChI is InChI=1S/C12H13BrO3S/c1-2-16-12(15)9-7-8(3-4-11(9)17)10(14)5-6-13/h3-4,7,17H,2,5-6H2,1H3. The number of carbonyl (C=O) groups excluding carboxylic acids is 2. The molecule has 0 saturated heterocycles. The summed E-state index contributed by atoms with van der Waals surface area (Å²) in [7, 11) is 0. The lowest BCUT2D eigenvalue weighted by molar-refractivity contribution is 0.0522. The highest BCUT2D eigenvalue weighted by Gasteiger charge is 2.14. The van der Waals surface area contributed by atoms with E-state index >= 15 is 0 Å². The number of hydrogen-bond acceptors (Lipinski definition) is 4. The fourth-order valence-corrected chi connectivity index (χ4v) is 1.90. The van der Waals surface area contributed by atoms with E-state index in [2.05, 4.69) is 28.6 Å². The van der Waals surface area contributed by atoms with Gasteiger partial charge in [-0.1, -0.05) is 22.0 Å². The van der Waals surface area contributed by atoms with E-state index < -0.39 is 5.97 Å². The summed E-state index contributed by atoms with van der Waals surface area (Å²) >= 11 is 7.38. The molecule has 0 unspecified atom stereocenters. The molecule has 0 aliphatic carbocycles. The van der Waals surface area contributed by atoms with Crippen LogP contribution in [0.25, 0.3) is 0 Å². The molecule has 0 bridgehead atoms. The van der Waals surface area contributed by atoms with E-state index in [1.54, 1.807) is 19.1 Å². The number of halogens is 1. The number of hydrogen-bond donors (Lipinski definition) is 1. The van der Waals surface area contributed by atoms with Crippen LogP contribution in [0.2, 0.25) is 0 Å². The molecule has 0 aliphatic rings. The summed E-state index contributed by atoms with van der Waals surface area (Å²) in [4.78, 5) is 23.8. The molecular weight excluding hydrogens is 304 g/mol. The molecule has 0 amide bonds. The predicted octanol–water partition coefficient (Wildman–Crippen LogP) is 3.12. The molecular formula is C12H13BrO3S. The van der Waals surface area contributed by atoms with Crippen LogP contribution in [0.5, 0.6) is 0 Å². The van der Waals surface area contributed by atoms with E-state index in [0.717, 1.165) is 0 Å². The highest BCUT2D eigenvalue weighted by atomic mass is 79.9. The van der Waals surface area contributed by atoms with Crippen LogP contribution in [0.4, 0.5) is 0 Å². The van der Waals surface area contributed by atoms with Crippen LogP contribution in [-0.4, -0.2) is 23.7 Å². The van der Waals surface area contributed by atoms with Crippen molar-refractivity contribution in [1.82, 2.24) is 0 Å². The Balaban J connectivity index is 3.02. The summed E-state index contributed by atoms with van der Waals surface area (Å²) in [5.41, 5.74) is 0.834. The van der Waals surface area contributed by atoms with Crippen molar-refractivity contribution < 1.29 is 14.3 Å². The van der Waals surface area contributed by atoms with E-state index in [9.17, 15) is 9.59 Å². The second-order valence-corrected chi connectivity index (χ2v) is 4.59. The maximum absolute atomic E-state index is 11.7. The molecule has 0 spiro atoms. The van der Waals surface area contributed by atoms with Crippen LogP contribution in [0.3, 0.4) is 0 Å². The quantitative estimate of drug-likeness (QED) is 0.393. The van der Waals surface area contributed by atoms with Crippen LogP contribution in [0, 0.1) is 0 Å². The van der Waals surface area contributed by atoms with Crippen molar-refractivity contribution in [1.29, 1.82) is 0 Å². The number of carbonyl (C=O) groups is 2. The molecule has 0 aromatic heterocycles. The van der Waals surface area contributed by atoms with Crippen LogP contribution < -0.4 is 0 Å². The molecule has 0 fully saturated rings. The van der Waals surface area contributed by atoms with Gasteiger partial charge in [-0.25, -0.2) is 4.79 Å². The van der Waals surface area contributed by atoms with Crippen LogP contribution >= 0.6 is 28.6 Å². The SMILES string of the molecule is CCOC(=O)c1cc(C(=O)CCBr)ccc1S. The fraction of sp³-hybridized carbons (Fsp3) is 0.333. The van der Waals surface area contributed by atoms with E-state index in [1.807, 2.05) is 0 Å². The zero-order chi connectivity index (χ0) is 12.8. The molecule has 0 radical (unpaired) electrons. The Morgan fingerprint density at radius 2 is 2.12 bits per heavy atom. The maximum Gasteiger partial charge on any atom is 0.339 e. The molecule has 1 rings (SSSR count). The summed E-state index contributed by atoms with van der Waals surface area (Å²) in [5.74, 6) is -0.466.